The van der Waals surface area contributed by atoms with Crippen LogP contribution >= 0.6 is 0 Å². The van der Waals surface area contributed by atoms with E-state index in [1.807, 2.05) is 30.3 Å². The third-order valence-electron chi connectivity index (χ3n) is 5.21. The molecule has 2 heterocycles. The predicted molar refractivity (Wildman–Crippen MR) is 111 cm³/mol. The summed E-state index contributed by atoms with van der Waals surface area (Å²) in [5, 5.41) is 1.04. The number of nitrogens with one attached hydrogen (secondary N) is 2. The summed E-state index contributed by atoms with van der Waals surface area (Å²) < 4.78 is 18.8. The zero-order valence-electron chi connectivity index (χ0n) is 16.4. The monoisotopic (exact) mass is 391 g/mol. The average molecular weight is 391 g/mol. The topological polar surface area (TPSA) is 50.4 Å². The number of H-pyrrole nitrogens is 1. The molecule has 2 aromatic carbocycles. The maximum atomic E-state index is 13.3. The summed E-state index contributed by atoms with van der Waals surface area (Å²) in [6, 6.07) is 18.4. The molecule has 4 nitrogen and oxygen atoms in total. The quantitative estimate of drug-likeness (QED) is 0.506. The summed E-state index contributed by atoms with van der Waals surface area (Å²) in [6.07, 6.45) is 2.60. The molecule has 0 bridgehead atoms. The van der Waals surface area contributed by atoms with Crippen LogP contribution in [0.15, 0.2) is 76.1 Å². The fraction of sp³-hybridized carbons (Fsp3) is 0.208. The molecule has 0 saturated carbocycles. The summed E-state index contributed by atoms with van der Waals surface area (Å²) in [5.41, 5.74) is 3.76. The Labute approximate surface area is 168 Å². The van der Waals surface area contributed by atoms with Crippen LogP contribution in [0.2, 0.25) is 0 Å². The molecule has 0 aliphatic rings. The normalized spacial score (nSPS) is 12.3. The van der Waals surface area contributed by atoms with Gasteiger partial charge in [0.1, 0.15) is 25.5 Å². The van der Waals surface area contributed by atoms with Gasteiger partial charge >= 0.3 is 0 Å². The molecule has 0 aliphatic heterocycles. The van der Waals surface area contributed by atoms with E-state index in [1.165, 1.54) is 17.7 Å². The second-order valence-corrected chi connectivity index (χ2v) is 7.39. The van der Waals surface area contributed by atoms with Gasteiger partial charge in [0.15, 0.2) is 5.76 Å². The largest absolute Gasteiger partial charge is 0.463 e. The number of furan rings is 1. The van der Waals surface area contributed by atoms with Crippen LogP contribution in [0.3, 0.4) is 0 Å². The van der Waals surface area contributed by atoms with Crippen molar-refractivity contribution in [2.75, 3.05) is 0 Å². The third-order valence-corrected chi connectivity index (χ3v) is 5.21. The highest BCUT2D eigenvalue weighted by Crippen LogP contribution is 2.14. The number of benzene rings is 2. The molecule has 29 heavy (non-hydrogen) atoms. The highest BCUT2D eigenvalue weighted by Gasteiger charge is 2.16. The van der Waals surface area contributed by atoms with Crippen molar-refractivity contribution in [3.05, 3.63) is 106 Å². The van der Waals surface area contributed by atoms with Crippen molar-refractivity contribution in [1.29, 1.82) is 0 Å². The molecule has 5 heteroatoms. The summed E-state index contributed by atoms with van der Waals surface area (Å²) >= 11 is 0. The highest BCUT2D eigenvalue weighted by molar-refractivity contribution is 5.79. The van der Waals surface area contributed by atoms with Crippen molar-refractivity contribution in [2.45, 2.75) is 33.0 Å². The van der Waals surface area contributed by atoms with Crippen molar-refractivity contribution < 1.29 is 13.7 Å². The number of aromatic nitrogens is 1. The first-order chi connectivity index (χ1) is 14.1. The van der Waals surface area contributed by atoms with Gasteiger partial charge in [0.25, 0.3) is 5.56 Å². The van der Waals surface area contributed by atoms with E-state index < -0.39 is 0 Å². The van der Waals surface area contributed by atoms with Crippen LogP contribution in [0.25, 0.3) is 10.9 Å². The Morgan fingerprint density at radius 1 is 0.966 bits per heavy atom. The van der Waals surface area contributed by atoms with Gasteiger partial charge in [-0.25, -0.2) is 4.39 Å². The Morgan fingerprint density at radius 3 is 2.48 bits per heavy atom. The van der Waals surface area contributed by atoms with E-state index in [0.29, 0.717) is 19.6 Å². The Hall–Kier alpha value is -3.18. The third kappa shape index (κ3) is 4.63. The van der Waals surface area contributed by atoms with Gasteiger partial charge in [-0.3, -0.25) is 4.79 Å². The SMILES string of the molecule is CCc1ccc2[nH]c(=O)c(C[NH+](Cc3ccc(F)cc3)Cc3ccco3)cc2c1. The Morgan fingerprint density at radius 2 is 1.76 bits per heavy atom. The van der Waals surface area contributed by atoms with Gasteiger partial charge in [-0.05, 0) is 59.8 Å². The maximum Gasteiger partial charge on any atom is 0.257 e. The predicted octanol–water partition coefficient (Wildman–Crippen LogP) is 3.61. The van der Waals surface area contributed by atoms with Gasteiger partial charge in [-0.15, -0.1) is 0 Å². The van der Waals surface area contributed by atoms with Gasteiger partial charge in [0.05, 0.1) is 11.8 Å². The number of hydrogen-bond donors (Lipinski definition) is 2. The van der Waals surface area contributed by atoms with Gasteiger partial charge in [-0.1, -0.05) is 25.1 Å². The van der Waals surface area contributed by atoms with E-state index >= 15 is 0 Å². The minimum atomic E-state index is -0.251. The van der Waals surface area contributed by atoms with Crippen LogP contribution in [-0.2, 0) is 26.1 Å². The van der Waals surface area contributed by atoms with Crippen molar-refractivity contribution in [3.63, 3.8) is 0 Å². The minimum Gasteiger partial charge on any atom is -0.463 e. The van der Waals surface area contributed by atoms with Crippen LogP contribution in [-0.4, -0.2) is 4.98 Å². The van der Waals surface area contributed by atoms with Crippen molar-refractivity contribution in [1.82, 2.24) is 4.98 Å². The van der Waals surface area contributed by atoms with Crippen molar-refractivity contribution >= 4 is 10.9 Å². The lowest BCUT2D eigenvalue weighted by Gasteiger charge is -2.19. The molecule has 0 spiro atoms. The lowest BCUT2D eigenvalue weighted by atomic mass is 10.1. The van der Waals surface area contributed by atoms with Gasteiger partial charge < -0.3 is 14.3 Å². The molecule has 1 unspecified atom stereocenters. The molecular formula is C24H24FN2O2+. The number of aromatic amines is 1. The molecule has 0 fully saturated rings. The van der Waals surface area contributed by atoms with Crippen LogP contribution in [0.1, 0.15) is 29.4 Å². The molecule has 4 rings (SSSR count). The number of fused-ring (bicyclic) bond motifs is 1. The summed E-state index contributed by atoms with van der Waals surface area (Å²) in [5.74, 6) is 0.603. The summed E-state index contributed by atoms with van der Waals surface area (Å²) in [6.45, 7) is 3.95. The van der Waals surface area contributed by atoms with E-state index in [-0.39, 0.29) is 11.4 Å². The molecule has 2 aromatic heterocycles. The van der Waals surface area contributed by atoms with Gasteiger partial charge in [-0.2, -0.15) is 0 Å². The molecule has 0 radical (unpaired) electrons. The molecule has 4 aromatic rings. The smallest absolute Gasteiger partial charge is 0.257 e. The number of aryl methyl sites for hydroxylation is 1. The summed E-state index contributed by atoms with van der Waals surface area (Å²) in [7, 11) is 0. The first-order valence-corrected chi connectivity index (χ1v) is 9.86. The van der Waals surface area contributed by atoms with Crippen molar-refractivity contribution in [3.8, 4) is 0 Å². The first kappa shape index (κ1) is 19.2. The number of pyridine rings is 1. The van der Waals surface area contributed by atoms with Crippen LogP contribution in [0.5, 0.6) is 0 Å². The zero-order chi connectivity index (χ0) is 20.2. The van der Waals surface area contributed by atoms with E-state index in [9.17, 15) is 9.18 Å². The standard InChI is InChI=1S/C24H23FN2O2/c1-2-17-7-10-23-19(12-17)13-20(24(28)26-23)15-27(16-22-4-3-11-29-22)14-18-5-8-21(25)9-6-18/h3-13H,2,14-16H2,1H3,(H,26,28)/p+1. The van der Waals surface area contributed by atoms with Crippen LogP contribution < -0.4 is 10.5 Å². The Kier molecular flexibility index (Phi) is 5.58. The molecule has 2 N–H and O–H groups in total. The molecule has 148 valence electrons. The number of halogens is 1. The number of hydrogen-bond acceptors (Lipinski definition) is 2. The fourth-order valence-corrected chi connectivity index (χ4v) is 3.66. The summed E-state index contributed by atoms with van der Waals surface area (Å²) in [4.78, 5) is 16.8. The van der Waals surface area contributed by atoms with E-state index in [1.54, 1.807) is 18.4 Å². The first-order valence-electron chi connectivity index (χ1n) is 9.86. The number of quaternary nitrogens is 1. The van der Waals surface area contributed by atoms with E-state index in [2.05, 4.69) is 18.0 Å². The maximum absolute atomic E-state index is 13.3. The minimum absolute atomic E-state index is 0.0715. The lowest BCUT2D eigenvalue weighted by molar-refractivity contribution is -0.942. The van der Waals surface area contributed by atoms with Gasteiger partial charge in [0.2, 0.25) is 0 Å². The molecule has 1 atom stereocenters. The molecular weight excluding hydrogens is 367 g/mol. The Bertz CT molecular complexity index is 1150. The second-order valence-electron chi connectivity index (χ2n) is 7.39. The van der Waals surface area contributed by atoms with Crippen LogP contribution in [0.4, 0.5) is 4.39 Å². The zero-order valence-corrected chi connectivity index (χ0v) is 16.4. The van der Waals surface area contributed by atoms with E-state index in [0.717, 1.165) is 39.1 Å². The highest BCUT2D eigenvalue weighted by atomic mass is 19.1. The van der Waals surface area contributed by atoms with Crippen LogP contribution in [0, 0.1) is 5.82 Å². The average Bonchev–Trinajstić information content (AvgIpc) is 3.23. The molecule has 0 amide bonds. The molecule has 0 aliphatic carbocycles. The number of rotatable bonds is 7. The second kappa shape index (κ2) is 8.45. The lowest BCUT2D eigenvalue weighted by Crippen LogP contribution is -3.08. The fourth-order valence-electron chi connectivity index (χ4n) is 3.66. The van der Waals surface area contributed by atoms with Crippen molar-refractivity contribution in [2.24, 2.45) is 0 Å². The molecule has 0 saturated heterocycles. The van der Waals surface area contributed by atoms with E-state index in [4.69, 9.17) is 4.42 Å². The Balaban J connectivity index is 1.64. The van der Waals surface area contributed by atoms with Gasteiger partial charge in [0, 0.05) is 11.1 Å².